The molecule has 62 valence electrons. The summed E-state index contributed by atoms with van der Waals surface area (Å²) in [6.07, 6.45) is 1.08. The van der Waals surface area contributed by atoms with Gasteiger partial charge in [-0.05, 0) is 13.3 Å². The largest absolute Gasteiger partial charge is 0.383 e. The standard InChI is InChI=1S/C7H18N2O/c1-4-7(2)9(8)5-6-10-3/h7H,4-6,8H2,1-3H3. The molecule has 0 aliphatic rings. The van der Waals surface area contributed by atoms with Crippen LogP contribution in [0.4, 0.5) is 0 Å². The average molecular weight is 146 g/mol. The molecule has 3 heteroatoms. The fourth-order valence-electron chi connectivity index (χ4n) is 0.652. The van der Waals surface area contributed by atoms with Crippen molar-refractivity contribution in [2.24, 2.45) is 5.84 Å². The van der Waals surface area contributed by atoms with E-state index >= 15 is 0 Å². The van der Waals surface area contributed by atoms with Crippen LogP contribution in [0.5, 0.6) is 0 Å². The van der Waals surface area contributed by atoms with E-state index in [1.807, 2.05) is 5.01 Å². The third-order valence-electron chi connectivity index (χ3n) is 1.71. The summed E-state index contributed by atoms with van der Waals surface area (Å²) in [4.78, 5) is 0. The van der Waals surface area contributed by atoms with E-state index in [2.05, 4.69) is 13.8 Å². The second kappa shape index (κ2) is 5.65. The third kappa shape index (κ3) is 3.82. The van der Waals surface area contributed by atoms with Crippen LogP contribution in [-0.4, -0.2) is 31.3 Å². The van der Waals surface area contributed by atoms with Crippen molar-refractivity contribution in [2.45, 2.75) is 26.3 Å². The molecule has 0 saturated heterocycles. The molecule has 3 nitrogen and oxygen atoms in total. The number of rotatable bonds is 5. The van der Waals surface area contributed by atoms with Crippen LogP contribution in [0.3, 0.4) is 0 Å². The molecule has 0 aromatic rings. The van der Waals surface area contributed by atoms with Crippen LogP contribution in [0.15, 0.2) is 0 Å². The number of nitrogens with two attached hydrogens (primary N) is 1. The van der Waals surface area contributed by atoms with Gasteiger partial charge in [-0.3, -0.25) is 5.84 Å². The number of methoxy groups -OCH3 is 1. The van der Waals surface area contributed by atoms with E-state index in [1.165, 1.54) is 0 Å². The Balaban J connectivity index is 3.31. The predicted molar refractivity (Wildman–Crippen MR) is 42.5 cm³/mol. The van der Waals surface area contributed by atoms with E-state index in [0.717, 1.165) is 13.0 Å². The number of hydrazine groups is 1. The van der Waals surface area contributed by atoms with Crippen LogP contribution >= 0.6 is 0 Å². The van der Waals surface area contributed by atoms with Gasteiger partial charge in [0.05, 0.1) is 6.61 Å². The van der Waals surface area contributed by atoms with Crippen molar-refractivity contribution in [3.8, 4) is 0 Å². The predicted octanol–water partition coefficient (Wildman–Crippen LogP) is 0.607. The highest BCUT2D eigenvalue weighted by molar-refractivity contribution is 4.57. The Morgan fingerprint density at radius 1 is 1.60 bits per heavy atom. The van der Waals surface area contributed by atoms with Gasteiger partial charge in [-0.15, -0.1) is 0 Å². The van der Waals surface area contributed by atoms with Gasteiger partial charge >= 0.3 is 0 Å². The average Bonchev–Trinajstić information content (AvgIpc) is 1.98. The Morgan fingerprint density at radius 3 is 2.60 bits per heavy atom. The maximum absolute atomic E-state index is 5.67. The molecule has 1 unspecified atom stereocenters. The number of ether oxygens (including phenoxy) is 1. The van der Waals surface area contributed by atoms with E-state index < -0.39 is 0 Å². The minimum absolute atomic E-state index is 0.454. The van der Waals surface area contributed by atoms with E-state index in [1.54, 1.807) is 7.11 Å². The van der Waals surface area contributed by atoms with Gasteiger partial charge in [0.2, 0.25) is 0 Å². The highest BCUT2D eigenvalue weighted by atomic mass is 16.5. The summed E-state index contributed by atoms with van der Waals surface area (Å²) < 4.78 is 4.89. The Morgan fingerprint density at radius 2 is 2.20 bits per heavy atom. The lowest BCUT2D eigenvalue weighted by molar-refractivity contribution is 0.124. The molecule has 0 spiro atoms. The molecule has 10 heavy (non-hydrogen) atoms. The van der Waals surface area contributed by atoms with Crippen LogP contribution in [-0.2, 0) is 4.74 Å². The Kier molecular flexibility index (Phi) is 5.58. The lowest BCUT2D eigenvalue weighted by atomic mass is 10.2. The molecule has 0 bridgehead atoms. The lowest BCUT2D eigenvalue weighted by Crippen LogP contribution is -2.41. The van der Waals surface area contributed by atoms with Crippen molar-refractivity contribution >= 4 is 0 Å². The summed E-state index contributed by atoms with van der Waals surface area (Å²) in [6.45, 7) is 5.75. The molecule has 0 aliphatic heterocycles. The number of nitrogens with zero attached hydrogens (tertiary/aromatic N) is 1. The second-order valence-corrected chi connectivity index (χ2v) is 2.49. The van der Waals surface area contributed by atoms with Gasteiger partial charge < -0.3 is 4.74 Å². The fraction of sp³-hybridized carbons (Fsp3) is 1.00. The molecule has 0 aliphatic carbocycles. The summed E-state index contributed by atoms with van der Waals surface area (Å²) in [5.74, 6) is 5.67. The highest BCUT2D eigenvalue weighted by Gasteiger charge is 2.04. The van der Waals surface area contributed by atoms with Crippen LogP contribution in [0.2, 0.25) is 0 Å². The second-order valence-electron chi connectivity index (χ2n) is 2.49. The third-order valence-corrected chi connectivity index (χ3v) is 1.71. The first-order chi connectivity index (χ1) is 4.72. The molecule has 0 heterocycles. The summed E-state index contributed by atoms with van der Waals surface area (Å²) in [5, 5.41) is 1.81. The van der Waals surface area contributed by atoms with Crippen molar-refractivity contribution < 1.29 is 4.74 Å². The molecule has 1 atom stereocenters. The normalized spacial score (nSPS) is 14.1. The monoisotopic (exact) mass is 146 g/mol. The SMILES string of the molecule is CCC(C)N(N)CCOC. The van der Waals surface area contributed by atoms with Crippen molar-refractivity contribution in [1.29, 1.82) is 0 Å². The summed E-state index contributed by atoms with van der Waals surface area (Å²) >= 11 is 0. The smallest absolute Gasteiger partial charge is 0.0603 e. The van der Waals surface area contributed by atoms with Crippen molar-refractivity contribution in [3.63, 3.8) is 0 Å². The molecule has 0 radical (unpaired) electrons. The van der Waals surface area contributed by atoms with Gasteiger partial charge in [0.15, 0.2) is 0 Å². The van der Waals surface area contributed by atoms with Crippen LogP contribution in [0.25, 0.3) is 0 Å². The van der Waals surface area contributed by atoms with Gasteiger partial charge in [0.25, 0.3) is 0 Å². The number of hydrogen-bond acceptors (Lipinski definition) is 3. The topological polar surface area (TPSA) is 38.5 Å². The Hall–Kier alpha value is -0.120. The summed E-state index contributed by atoms with van der Waals surface area (Å²) in [5.41, 5.74) is 0. The summed E-state index contributed by atoms with van der Waals surface area (Å²) in [7, 11) is 1.68. The highest BCUT2D eigenvalue weighted by Crippen LogP contribution is 1.95. The zero-order valence-electron chi connectivity index (χ0n) is 7.13. The number of hydrogen-bond donors (Lipinski definition) is 1. The maximum atomic E-state index is 5.67. The molecule has 2 N–H and O–H groups in total. The maximum Gasteiger partial charge on any atom is 0.0603 e. The van der Waals surface area contributed by atoms with Crippen molar-refractivity contribution in [1.82, 2.24) is 5.01 Å². The molecule has 0 saturated carbocycles. The minimum atomic E-state index is 0.454. The molecule has 0 amide bonds. The van der Waals surface area contributed by atoms with Crippen LogP contribution in [0, 0.1) is 0 Å². The first-order valence-corrected chi connectivity index (χ1v) is 3.72. The first kappa shape index (κ1) is 9.88. The fourth-order valence-corrected chi connectivity index (χ4v) is 0.652. The molecule has 0 aromatic heterocycles. The van der Waals surface area contributed by atoms with Crippen molar-refractivity contribution in [2.75, 3.05) is 20.3 Å². The van der Waals surface area contributed by atoms with Gasteiger partial charge in [0, 0.05) is 19.7 Å². The van der Waals surface area contributed by atoms with E-state index in [0.29, 0.717) is 12.6 Å². The minimum Gasteiger partial charge on any atom is -0.383 e. The van der Waals surface area contributed by atoms with Crippen LogP contribution < -0.4 is 5.84 Å². The van der Waals surface area contributed by atoms with Gasteiger partial charge in [0.1, 0.15) is 0 Å². The Labute approximate surface area is 63.1 Å². The van der Waals surface area contributed by atoms with Gasteiger partial charge in [-0.2, -0.15) is 0 Å². The molecule has 0 aromatic carbocycles. The molecular weight excluding hydrogens is 128 g/mol. The van der Waals surface area contributed by atoms with E-state index in [9.17, 15) is 0 Å². The Bertz CT molecular complexity index is 78.0. The molecule has 0 rings (SSSR count). The van der Waals surface area contributed by atoms with Gasteiger partial charge in [-0.1, -0.05) is 6.92 Å². The zero-order valence-corrected chi connectivity index (χ0v) is 7.13. The van der Waals surface area contributed by atoms with Crippen LogP contribution in [0.1, 0.15) is 20.3 Å². The van der Waals surface area contributed by atoms with Crippen molar-refractivity contribution in [3.05, 3.63) is 0 Å². The quantitative estimate of drug-likeness (QED) is 0.456. The van der Waals surface area contributed by atoms with E-state index in [-0.39, 0.29) is 0 Å². The van der Waals surface area contributed by atoms with E-state index in [4.69, 9.17) is 10.6 Å². The first-order valence-electron chi connectivity index (χ1n) is 3.72. The zero-order chi connectivity index (χ0) is 7.98. The lowest BCUT2D eigenvalue weighted by Gasteiger charge is -2.21. The molecule has 0 fully saturated rings. The van der Waals surface area contributed by atoms with Gasteiger partial charge in [-0.25, -0.2) is 5.01 Å². The summed E-state index contributed by atoms with van der Waals surface area (Å²) in [6, 6.07) is 0.454. The molecular formula is C7H18N2O.